The molecule has 2 aromatic carbocycles. The number of carbonyl (C=O) groups excluding carboxylic acids is 4. The molecule has 0 spiro atoms. The van der Waals surface area contributed by atoms with Crippen molar-refractivity contribution in [2.45, 2.75) is 19.4 Å². The zero-order chi connectivity index (χ0) is 23.7. The normalized spacial score (nSPS) is 13.7. The summed E-state index contributed by atoms with van der Waals surface area (Å²) >= 11 is 1.04. The number of aromatic nitrogens is 1. The average molecular weight is 468 g/mol. The first-order valence-electron chi connectivity index (χ1n) is 9.79. The molecule has 0 radical (unpaired) electrons. The van der Waals surface area contributed by atoms with Gasteiger partial charge in [-0.1, -0.05) is 30.4 Å². The van der Waals surface area contributed by atoms with Crippen molar-refractivity contribution in [3.63, 3.8) is 0 Å². The summed E-state index contributed by atoms with van der Waals surface area (Å²) in [4.78, 5) is 65.0. The van der Waals surface area contributed by atoms with Gasteiger partial charge in [0.2, 0.25) is 0 Å². The van der Waals surface area contributed by atoms with Crippen LogP contribution in [-0.2, 0) is 19.1 Å². The number of nitro benzene ring substituents is 1. The number of fused-ring (bicyclic) bond motifs is 2. The second kappa shape index (κ2) is 8.74. The van der Waals surface area contributed by atoms with Crippen LogP contribution < -0.4 is 10.2 Å². The standard InChI is InChI=1S/C21H16N4O7S/c1-2-15(19(28)23-21-22-13-8-7-11(25(30)31)9-16(13)33-21)32-17(26)10-24-14-6-4-3-5-12(14)18(27)20(24)29/h3-9,15H,2,10H2,1H3,(H,22,23,28)/t15-/m0/s1. The number of para-hydroxylation sites is 1. The zero-order valence-corrected chi connectivity index (χ0v) is 18.0. The molecule has 3 aromatic rings. The Hall–Kier alpha value is -4.19. The van der Waals surface area contributed by atoms with E-state index < -0.39 is 41.1 Å². The number of nitrogens with one attached hydrogen (secondary N) is 1. The number of nitrogens with zero attached hydrogens (tertiary/aromatic N) is 3. The topological polar surface area (TPSA) is 149 Å². The van der Waals surface area contributed by atoms with E-state index in [1.807, 2.05) is 0 Å². The van der Waals surface area contributed by atoms with E-state index in [1.165, 1.54) is 24.3 Å². The maximum atomic E-state index is 12.6. The fraction of sp³-hybridized carbons (Fsp3) is 0.190. The molecule has 2 heterocycles. The van der Waals surface area contributed by atoms with E-state index in [0.717, 1.165) is 16.2 Å². The molecule has 0 aliphatic carbocycles. The summed E-state index contributed by atoms with van der Waals surface area (Å²) in [5, 5.41) is 13.7. The molecule has 11 nitrogen and oxygen atoms in total. The summed E-state index contributed by atoms with van der Waals surface area (Å²) in [6, 6.07) is 10.4. The number of hydrogen-bond acceptors (Lipinski definition) is 9. The SMILES string of the molecule is CC[C@H](OC(=O)CN1C(=O)C(=O)c2ccccc21)C(=O)Nc1nc2ccc([N+](=O)[O-])cc2s1. The Labute approximate surface area is 190 Å². The lowest BCUT2D eigenvalue weighted by Crippen LogP contribution is -2.39. The molecule has 1 aromatic heterocycles. The third kappa shape index (κ3) is 4.28. The number of anilines is 2. The highest BCUT2D eigenvalue weighted by atomic mass is 32.1. The zero-order valence-electron chi connectivity index (χ0n) is 17.1. The summed E-state index contributed by atoms with van der Waals surface area (Å²) in [5.41, 5.74) is 0.893. The van der Waals surface area contributed by atoms with Crippen molar-refractivity contribution in [1.29, 1.82) is 0 Å². The molecule has 1 N–H and O–H groups in total. The average Bonchev–Trinajstić information content (AvgIpc) is 3.30. The molecule has 0 fully saturated rings. The van der Waals surface area contributed by atoms with Gasteiger partial charge in [-0.2, -0.15) is 0 Å². The number of nitro groups is 1. The number of ketones is 1. The second-order valence-corrected chi connectivity index (χ2v) is 8.07. The van der Waals surface area contributed by atoms with Crippen LogP contribution in [0.5, 0.6) is 0 Å². The number of amides is 2. The molecule has 168 valence electrons. The number of benzene rings is 2. The van der Waals surface area contributed by atoms with Gasteiger partial charge in [0.25, 0.3) is 23.3 Å². The lowest BCUT2D eigenvalue weighted by Gasteiger charge is -2.19. The molecule has 33 heavy (non-hydrogen) atoms. The van der Waals surface area contributed by atoms with Gasteiger partial charge in [0.05, 0.1) is 26.4 Å². The fourth-order valence-electron chi connectivity index (χ4n) is 3.32. The minimum absolute atomic E-state index is 0.0964. The number of hydrogen-bond donors (Lipinski definition) is 1. The van der Waals surface area contributed by atoms with E-state index in [2.05, 4.69) is 10.3 Å². The number of non-ortho nitro benzene ring substituents is 1. The molecule has 2 amide bonds. The van der Waals surface area contributed by atoms with Gasteiger partial charge in [-0.25, -0.2) is 4.98 Å². The van der Waals surface area contributed by atoms with Gasteiger partial charge in [0.15, 0.2) is 11.2 Å². The first-order valence-corrected chi connectivity index (χ1v) is 10.6. The Bertz CT molecular complexity index is 1320. The Balaban J connectivity index is 1.42. The fourth-order valence-corrected chi connectivity index (χ4v) is 4.22. The Morgan fingerprint density at radius 1 is 1.24 bits per heavy atom. The number of ether oxygens (including phenoxy) is 1. The molecule has 1 aliphatic rings. The van der Waals surface area contributed by atoms with Gasteiger partial charge in [-0.3, -0.25) is 39.5 Å². The number of rotatable bonds is 7. The van der Waals surface area contributed by atoms with Gasteiger partial charge in [0.1, 0.15) is 6.54 Å². The number of carbonyl (C=O) groups is 4. The van der Waals surface area contributed by atoms with Crippen LogP contribution in [0.3, 0.4) is 0 Å². The second-order valence-electron chi connectivity index (χ2n) is 7.04. The van der Waals surface area contributed by atoms with E-state index in [9.17, 15) is 29.3 Å². The Morgan fingerprint density at radius 3 is 2.73 bits per heavy atom. The lowest BCUT2D eigenvalue weighted by atomic mass is 10.1. The van der Waals surface area contributed by atoms with Crippen LogP contribution in [0.1, 0.15) is 23.7 Å². The van der Waals surface area contributed by atoms with Crippen LogP contribution in [0.15, 0.2) is 42.5 Å². The van der Waals surface area contributed by atoms with Crippen molar-refractivity contribution >= 4 is 61.6 Å². The van der Waals surface area contributed by atoms with Crippen molar-refractivity contribution < 1.29 is 28.8 Å². The minimum Gasteiger partial charge on any atom is -0.451 e. The summed E-state index contributed by atoms with van der Waals surface area (Å²) in [7, 11) is 0. The summed E-state index contributed by atoms with van der Waals surface area (Å²) < 4.78 is 5.76. The molecule has 4 rings (SSSR count). The predicted molar refractivity (Wildman–Crippen MR) is 118 cm³/mol. The van der Waals surface area contributed by atoms with Crippen LogP contribution >= 0.6 is 11.3 Å². The van der Waals surface area contributed by atoms with Crippen LogP contribution in [0, 0.1) is 10.1 Å². The Morgan fingerprint density at radius 2 is 2.00 bits per heavy atom. The lowest BCUT2D eigenvalue weighted by molar-refractivity contribution is -0.384. The summed E-state index contributed by atoms with van der Waals surface area (Å²) in [5.74, 6) is -3.04. The largest absolute Gasteiger partial charge is 0.451 e. The molecule has 1 atom stereocenters. The Kier molecular flexibility index (Phi) is 5.84. The molecule has 0 saturated heterocycles. The van der Waals surface area contributed by atoms with Gasteiger partial charge in [0, 0.05) is 12.1 Å². The molecule has 0 bridgehead atoms. The first kappa shape index (κ1) is 22.0. The molecule has 1 aliphatic heterocycles. The number of esters is 1. The monoisotopic (exact) mass is 468 g/mol. The van der Waals surface area contributed by atoms with Crippen molar-refractivity contribution in [1.82, 2.24) is 4.98 Å². The number of thiazole rings is 1. The molecule has 0 unspecified atom stereocenters. The van der Waals surface area contributed by atoms with Crippen LogP contribution in [0.2, 0.25) is 0 Å². The van der Waals surface area contributed by atoms with Crippen LogP contribution in [-0.4, -0.2) is 46.1 Å². The van der Waals surface area contributed by atoms with Gasteiger partial charge < -0.3 is 4.74 Å². The minimum atomic E-state index is -1.16. The van der Waals surface area contributed by atoms with Crippen LogP contribution in [0.4, 0.5) is 16.5 Å². The quantitative estimate of drug-likeness (QED) is 0.241. The third-order valence-electron chi connectivity index (χ3n) is 4.92. The van der Waals surface area contributed by atoms with E-state index in [0.29, 0.717) is 15.9 Å². The molecule has 0 saturated carbocycles. The summed E-state index contributed by atoms with van der Waals surface area (Å²) in [6.07, 6.45) is -1.01. The van der Waals surface area contributed by atoms with E-state index in [4.69, 9.17) is 4.74 Å². The highest BCUT2D eigenvalue weighted by Crippen LogP contribution is 2.30. The summed E-state index contributed by atoms with van der Waals surface area (Å²) in [6.45, 7) is 1.12. The number of Topliss-reactive ketones (excluding diaryl/α,β-unsaturated/α-hetero) is 1. The maximum absolute atomic E-state index is 12.6. The van der Waals surface area contributed by atoms with E-state index >= 15 is 0 Å². The first-order chi connectivity index (χ1) is 15.8. The third-order valence-corrected chi connectivity index (χ3v) is 5.85. The maximum Gasteiger partial charge on any atom is 0.326 e. The van der Waals surface area contributed by atoms with E-state index in [-0.39, 0.29) is 22.8 Å². The van der Waals surface area contributed by atoms with Crippen molar-refractivity contribution in [3.05, 3.63) is 58.1 Å². The molecular formula is C21H16N4O7S. The van der Waals surface area contributed by atoms with Gasteiger partial charge in [-0.15, -0.1) is 0 Å². The predicted octanol–water partition coefficient (Wildman–Crippen LogP) is 2.69. The smallest absolute Gasteiger partial charge is 0.326 e. The van der Waals surface area contributed by atoms with Gasteiger partial charge >= 0.3 is 5.97 Å². The highest BCUT2D eigenvalue weighted by molar-refractivity contribution is 7.22. The van der Waals surface area contributed by atoms with Crippen molar-refractivity contribution in [2.24, 2.45) is 0 Å². The molecular weight excluding hydrogens is 452 g/mol. The van der Waals surface area contributed by atoms with E-state index in [1.54, 1.807) is 25.1 Å². The van der Waals surface area contributed by atoms with Crippen LogP contribution in [0.25, 0.3) is 10.2 Å². The molecule has 12 heteroatoms. The van der Waals surface area contributed by atoms with Crippen molar-refractivity contribution in [2.75, 3.05) is 16.8 Å². The highest BCUT2D eigenvalue weighted by Gasteiger charge is 2.37. The van der Waals surface area contributed by atoms with Gasteiger partial charge in [-0.05, 0) is 24.6 Å². The van der Waals surface area contributed by atoms with Crippen molar-refractivity contribution in [3.8, 4) is 0 Å².